The molecule has 0 bridgehead atoms. The van der Waals surface area contributed by atoms with Gasteiger partial charge in [-0.25, -0.2) is 0 Å². The number of nitrogens with two attached hydrogens (primary N) is 1. The van der Waals surface area contributed by atoms with Gasteiger partial charge in [-0.2, -0.15) is 0 Å². The third kappa shape index (κ3) is 3.55. The topological polar surface area (TPSA) is 95.7 Å². The van der Waals surface area contributed by atoms with Gasteiger partial charge in [-0.1, -0.05) is 6.07 Å². The molecule has 0 atom stereocenters. The summed E-state index contributed by atoms with van der Waals surface area (Å²) in [6.45, 7) is 4.98. The molecule has 3 N–H and O–H groups in total. The summed E-state index contributed by atoms with van der Waals surface area (Å²) in [7, 11) is 0. The van der Waals surface area contributed by atoms with Crippen molar-refractivity contribution in [2.75, 3.05) is 37.2 Å². The van der Waals surface area contributed by atoms with Gasteiger partial charge in [0.05, 0.1) is 11.4 Å². The predicted octanol–water partition coefficient (Wildman–Crippen LogP) is 0.206. The average molecular weight is 304 g/mol. The lowest BCUT2D eigenvalue weighted by atomic mass is 10.2. The number of carbonyl (C=O) groups excluding carboxylic acids is 3. The molecule has 118 valence electrons. The molecule has 0 radical (unpaired) electrons. The van der Waals surface area contributed by atoms with Crippen LogP contribution in [0.5, 0.6) is 0 Å². The lowest BCUT2D eigenvalue weighted by Crippen LogP contribution is -2.52. The minimum absolute atomic E-state index is 0.0241. The van der Waals surface area contributed by atoms with Crippen molar-refractivity contribution in [3.8, 4) is 0 Å². The molecule has 0 saturated carbocycles. The number of nitrogens with zero attached hydrogens (tertiary/aromatic N) is 2. The van der Waals surface area contributed by atoms with Gasteiger partial charge in [-0.3, -0.25) is 14.4 Å². The lowest BCUT2D eigenvalue weighted by Gasteiger charge is -2.33. The van der Waals surface area contributed by atoms with Crippen LogP contribution in [-0.2, 0) is 14.4 Å². The Morgan fingerprint density at radius 1 is 1.09 bits per heavy atom. The third-order valence-electron chi connectivity index (χ3n) is 3.66. The summed E-state index contributed by atoms with van der Waals surface area (Å²) in [5.41, 5.74) is 7.63. The van der Waals surface area contributed by atoms with E-state index in [1.54, 1.807) is 17.0 Å². The van der Waals surface area contributed by atoms with Gasteiger partial charge in [-0.15, -0.1) is 0 Å². The summed E-state index contributed by atoms with van der Waals surface area (Å²) in [5.74, 6) is -1.35. The molecule has 1 aromatic carbocycles. The molecule has 22 heavy (non-hydrogen) atoms. The largest absolute Gasteiger partial charge is 0.397 e. The number of rotatable bonds is 1. The second kappa shape index (κ2) is 6.46. The number of benzene rings is 1. The van der Waals surface area contributed by atoms with E-state index in [9.17, 15) is 14.4 Å². The molecule has 0 aromatic heterocycles. The van der Waals surface area contributed by atoms with Crippen LogP contribution in [0.1, 0.15) is 12.5 Å². The third-order valence-corrected chi connectivity index (χ3v) is 3.66. The van der Waals surface area contributed by atoms with Crippen LogP contribution in [0.4, 0.5) is 11.4 Å². The second-order valence-electron chi connectivity index (χ2n) is 5.34. The van der Waals surface area contributed by atoms with Crippen molar-refractivity contribution in [1.29, 1.82) is 0 Å². The smallest absolute Gasteiger partial charge is 0.313 e. The Hall–Kier alpha value is -2.57. The molecule has 1 saturated heterocycles. The Morgan fingerprint density at radius 3 is 2.23 bits per heavy atom. The van der Waals surface area contributed by atoms with E-state index in [0.717, 1.165) is 5.56 Å². The molecule has 7 heteroatoms. The first-order valence-electron chi connectivity index (χ1n) is 7.10. The van der Waals surface area contributed by atoms with Crippen LogP contribution in [0.25, 0.3) is 0 Å². The standard InChI is InChI=1S/C15H20N4O3/c1-10-3-4-13(12(16)9-10)17-14(21)15(22)19-7-5-18(6-8-19)11(2)20/h3-4,9H,5-8,16H2,1-2H3,(H,17,21). The highest BCUT2D eigenvalue weighted by Gasteiger charge is 2.27. The Balaban J connectivity index is 1.95. The van der Waals surface area contributed by atoms with Gasteiger partial charge in [0.2, 0.25) is 5.91 Å². The van der Waals surface area contributed by atoms with Gasteiger partial charge in [0.25, 0.3) is 0 Å². The predicted molar refractivity (Wildman–Crippen MR) is 83.1 cm³/mol. The van der Waals surface area contributed by atoms with Crippen LogP contribution in [0.15, 0.2) is 18.2 Å². The zero-order valence-corrected chi connectivity index (χ0v) is 12.8. The molecule has 1 fully saturated rings. The number of hydrogen-bond donors (Lipinski definition) is 2. The molecule has 1 heterocycles. The molecule has 0 aliphatic carbocycles. The molecule has 7 nitrogen and oxygen atoms in total. The van der Waals surface area contributed by atoms with Crippen LogP contribution in [0.3, 0.4) is 0 Å². The van der Waals surface area contributed by atoms with Gasteiger partial charge in [0.1, 0.15) is 0 Å². The maximum Gasteiger partial charge on any atom is 0.313 e. The van der Waals surface area contributed by atoms with E-state index in [-0.39, 0.29) is 5.91 Å². The van der Waals surface area contributed by atoms with E-state index >= 15 is 0 Å². The molecular formula is C15H20N4O3. The summed E-state index contributed by atoms with van der Waals surface area (Å²) < 4.78 is 0. The van der Waals surface area contributed by atoms with Gasteiger partial charge >= 0.3 is 11.8 Å². The van der Waals surface area contributed by atoms with Gasteiger partial charge in [0.15, 0.2) is 0 Å². The van der Waals surface area contributed by atoms with Gasteiger partial charge in [-0.05, 0) is 24.6 Å². The molecule has 1 aromatic rings. The van der Waals surface area contributed by atoms with E-state index in [0.29, 0.717) is 37.6 Å². The highest BCUT2D eigenvalue weighted by molar-refractivity contribution is 6.39. The minimum atomic E-state index is -0.716. The number of anilines is 2. The maximum absolute atomic E-state index is 12.1. The fraction of sp³-hybridized carbons (Fsp3) is 0.400. The SMILES string of the molecule is CC(=O)N1CCN(C(=O)C(=O)Nc2ccc(C)cc2N)CC1. The average Bonchev–Trinajstić information content (AvgIpc) is 2.49. The number of carbonyl (C=O) groups is 3. The van der Waals surface area contributed by atoms with E-state index in [2.05, 4.69) is 5.32 Å². The summed E-state index contributed by atoms with van der Waals surface area (Å²) in [5, 5.41) is 2.53. The number of nitrogens with one attached hydrogen (secondary N) is 1. The molecule has 1 aliphatic rings. The lowest BCUT2D eigenvalue weighted by molar-refractivity contribution is -0.145. The van der Waals surface area contributed by atoms with E-state index < -0.39 is 11.8 Å². The van der Waals surface area contributed by atoms with E-state index in [1.807, 2.05) is 13.0 Å². The summed E-state index contributed by atoms with van der Waals surface area (Å²) in [6, 6.07) is 5.21. The number of nitrogen functional groups attached to an aromatic ring is 1. The number of amides is 3. The monoisotopic (exact) mass is 304 g/mol. The van der Waals surface area contributed by atoms with Crippen molar-refractivity contribution in [2.24, 2.45) is 0 Å². The van der Waals surface area contributed by atoms with Crippen molar-refractivity contribution in [1.82, 2.24) is 9.80 Å². The first-order valence-corrected chi connectivity index (χ1v) is 7.10. The van der Waals surface area contributed by atoms with Crippen LogP contribution < -0.4 is 11.1 Å². The van der Waals surface area contributed by atoms with Crippen LogP contribution in [0, 0.1) is 6.92 Å². The van der Waals surface area contributed by atoms with E-state index in [1.165, 1.54) is 11.8 Å². The Bertz CT molecular complexity index is 607. The Kier molecular flexibility index (Phi) is 4.65. The molecule has 2 rings (SSSR count). The maximum atomic E-state index is 12.1. The molecule has 1 aliphatic heterocycles. The first-order chi connectivity index (χ1) is 10.4. The van der Waals surface area contributed by atoms with Crippen LogP contribution >= 0.6 is 0 Å². The highest BCUT2D eigenvalue weighted by Crippen LogP contribution is 2.19. The van der Waals surface area contributed by atoms with Gasteiger partial charge < -0.3 is 20.9 Å². The molecular weight excluding hydrogens is 284 g/mol. The van der Waals surface area contributed by atoms with Crippen molar-refractivity contribution >= 4 is 29.1 Å². The molecule has 0 unspecified atom stereocenters. The quantitative estimate of drug-likeness (QED) is 0.572. The van der Waals surface area contributed by atoms with Crippen molar-refractivity contribution < 1.29 is 14.4 Å². The molecule has 0 spiro atoms. The number of hydrogen-bond acceptors (Lipinski definition) is 4. The highest BCUT2D eigenvalue weighted by atomic mass is 16.2. The normalized spacial score (nSPS) is 14.6. The van der Waals surface area contributed by atoms with Crippen molar-refractivity contribution in [3.63, 3.8) is 0 Å². The second-order valence-corrected chi connectivity index (χ2v) is 5.34. The summed E-state index contributed by atoms with van der Waals surface area (Å²) in [4.78, 5) is 38.5. The van der Waals surface area contributed by atoms with E-state index in [4.69, 9.17) is 5.73 Å². The van der Waals surface area contributed by atoms with Gasteiger partial charge in [0, 0.05) is 33.1 Å². The molecule has 3 amide bonds. The Labute approximate surface area is 129 Å². The zero-order chi connectivity index (χ0) is 16.3. The van der Waals surface area contributed by atoms with Crippen LogP contribution in [-0.4, -0.2) is 53.7 Å². The van der Waals surface area contributed by atoms with Crippen LogP contribution in [0.2, 0.25) is 0 Å². The number of aryl methyl sites for hydroxylation is 1. The minimum Gasteiger partial charge on any atom is -0.397 e. The fourth-order valence-electron chi connectivity index (χ4n) is 2.34. The Morgan fingerprint density at radius 2 is 1.68 bits per heavy atom. The van der Waals surface area contributed by atoms with Crippen molar-refractivity contribution in [3.05, 3.63) is 23.8 Å². The summed E-state index contributed by atoms with van der Waals surface area (Å²) >= 11 is 0. The first kappa shape index (κ1) is 15.8. The fourth-order valence-corrected chi connectivity index (χ4v) is 2.34. The zero-order valence-electron chi connectivity index (χ0n) is 12.8. The number of piperazine rings is 1. The van der Waals surface area contributed by atoms with Crippen molar-refractivity contribution in [2.45, 2.75) is 13.8 Å². The summed E-state index contributed by atoms with van der Waals surface area (Å²) in [6.07, 6.45) is 0.